The van der Waals surface area contributed by atoms with E-state index in [9.17, 15) is 9.18 Å². The van der Waals surface area contributed by atoms with Gasteiger partial charge in [-0.1, -0.05) is 41.4 Å². The number of fused-ring (bicyclic) bond motifs is 1. The Morgan fingerprint density at radius 1 is 1.42 bits per heavy atom. The largest absolute Gasteiger partial charge is 0.375 e. The van der Waals surface area contributed by atoms with Gasteiger partial charge in [-0.15, -0.1) is 0 Å². The van der Waals surface area contributed by atoms with Crippen molar-refractivity contribution in [1.82, 2.24) is 5.32 Å². The summed E-state index contributed by atoms with van der Waals surface area (Å²) in [4.78, 5) is 17.2. The van der Waals surface area contributed by atoms with Crippen LogP contribution in [0.5, 0.6) is 0 Å². The molecule has 1 N–H and O–H groups in total. The van der Waals surface area contributed by atoms with E-state index in [1.165, 1.54) is 23.9 Å². The maximum absolute atomic E-state index is 14.5. The number of ether oxygens (including phenoxy) is 1. The number of allylic oxidation sites excluding steroid dienone is 2. The summed E-state index contributed by atoms with van der Waals surface area (Å²) in [5, 5.41) is 3.32. The fourth-order valence-electron chi connectivity index (χ4n) is 3.46. The van der Waals surface area contributed by atoms with Crippen LogP contribution in [0.15, 0.2) is 70.3 Å². The second-order valence-corrected chi connectivity index (χ2v) is 7.43. The fraction of sp³-hybridized carbons (Fsp3) is 0.300. The summed E-state index contributed by atoms with van der Waals surface area (Å²) in [6, 6.07) is 8.94. The van der Waals surface area contributed by atoms with Crippen LogP contribution >= 0.6 is 11.8 Å². The molecule has 1 aromatic rings. The number of amides is 1. The summed E-state index contributed by atoms with van der Waals surface area (Å²) in [6.45, 7) is 2.23. The van der Waals surface area contributed by atoms with Gasteiger partial charge >= 0.3 is 0 Å². The van der Waals surface area contributed by atoms with Crippen molar-refractivity contribution >= 4 is 22.8 Å². The van der Waals surface area contributed by atoms with Crippen molar-refractivity contribution in [3.8, 4) is 0 Å². The monoisotopic (exact) mass is 368 g/mol. The molecule has 3 aliphatic rings. The van der Waals surface area contributed by atoms with E-state index in [1.807, 2.05) is 13.0 Å². The number of nitrogens with one attached hydrogen (secondary N) is 1. The topological polar surface area (TPSA) is 50.7 Å². The molecule has 1 saturated heterocycles. The molecule has 1 aromatic carbocycles. The average Bonchev–Trinajstić information content (AvgIpc) is 3.00. The number of rotatable bonds is 2. The van der Waals surface area contributed by atoms with Crippen LogP contribution in [0, 0.1) is 5.92 Å². The molecule has 0 aromatic heterocycles. The van der Waals surface area contributed by atoms with E-state index in [0.29, 0.717) is 22.1 Å². The second-order valence-electron chi connectivity index (χ2n) is 6.42. The van der Waals surface area contributed by atoms with Gasteiger partial charge in [0.1, 0.15) is 11.4 Å². The molecule has 26 heavy (non-hydrogen) atoms. The quantitative estimate of drug-likeness (QED) is 0.814. The first-order valence-electron chi connectivity index (χ1n) is 8.39. The third kappa shape index (κ3) is 2.87. The second kappa shape index (κ2) is 6.75. The zero-order valence-corrected chi connectivity index (χ0v) is 15.0. The molecule has 132 valence electrons. The molecule has 0 radical (unpaired) electrons. The highest BCUT2D eigenvalue weighted by molar-refractivity contribution is 8.13. The summed E-state index contributed by atoms with van der Waals surface area (Å²) in [5.41, 5.74) is 5.72. The Kier molecular flexibility index (Phi) is 4.43. The molecule has 0 saturated carbocycles. The lowest BCUT2D eigenvalue weighted by molar-refractivity contribution is 0.0977. The van der Waals surface area contributed by atoms with Crippen LogP contribution in [-0.2, 0) is 4.74 Å². The third-order valence-electron chi connectivity index (χ3n) is 4.89. The number of thioether (sulfide) groups is 1. The lowest BCUT2D eigenvalue weighted by Crippen LogP contribution is -2.46. The highest BCUT2D eigenvalue weighted by Gasteiger charge is 2.54. The van der Waals surface area contributed by atoms with Crippen molar-refractivity contribution in [2.24, 2.45) is 10.9 Å². The van der Waals surface area contributed by atoms with Gasteiger partial charge in [0.25, 0.3) is 5.91 Å². The minimum Gasteiger partial charge on any atom is -0.375 e. The number of hydrogen-bond donors (Lipinski definition) is 1. The number of hydrogen-bond acceptors (Lipinski definition) is 4. The van der Waals surface area contributed by atoms with Crippen LogP contribution in [0.3, 0.4) is 0 Å². The van der Waals surface area contributed by atoms with Crippen LogP contribution in [0.1, 0.15) is 17.3 Å². The molecule has 2 aliphatic heterocycles. The first-order chi connectivity index (χ1) is 12.6. The number of aliphatic imine (C=N–C) groups is 1. The molecule has 3 atom stereocenters. The minimum atomic E-state index is -0.883. The van der Waals surface area contributed by atoms with Gasteiger partial charge < -0.3 is 10.1 Å². The zero-order valence-electron chi connectivity index (χ0n) is 14.2. The van der Waals surface area contributed by atoms with E-state index >= 15 is 0 Å². The Balaban J connectivity index is 1.70. The summed E-state index contributed by atoms with van der Waals surface area (Å²) in [6.07, 6.45) is 2.80. The maximum Gasteiger partial charge on any atom is 0.257 e. The molecule has 1 amide bonds. The molecule has 1 aliphatic carbocycles. The van der Waals surface area contributed by atoms with Gasteiger partial charge in [0.2, 0.25) is 0 Å². The van der Waals surface area contributed by atoms with Crippen molar-refractivity contribution < 1.29 is 13.9 Å². The number of carbonyl (C=O) groups is 1. The number of nitrogens with zero attached hydrogens (tertiary/aromatic N) is 1. The van der Waals surface area contributed by atoms with Gasteiger partial charge in [0.05, 0.1) is 18.3 Å². The van der Waals surface area contributed by atoms with Crippen molar-refractivity contribution in [2.75, 3.05) is 12.4 Å². The lowest BCUT2D eigenvalue weighted by Gasteiger charge is -2.36. The van der Waals surface area contributed by atoms with Gasteiger partial charge in [-0.25, -0.2) is 9.38 Å². The number of benzene rings is 1. The maximum atomic E-state index is 14.5. The summed E-state index contributed by atoms with van der Waals surface area (Å²) in [5.74, 6) is 0.0702. The van der Waals surface area contributed by atoms with E-state index < -0.39 is 5.54 Å². The predicted molar refractivity (Wildman–Crippen MR) is 99.7 cm³/mol. The molecule has 0 unspecified atom stereocenters. The standard InChI is InChI=1S/C20H17FN2O2S/c1-13-16-11-26-19(22-18(24)14-7-3-2-4-8-14)23-20(16,12-25-13)15-9-5-6-10-17(15)21/h2-4,6-8,10,13,16H,11-12H2,1H3,(H,22,23,24)/t13-,16-,20-/m1/s1. The summed E-state index contributed by atoms with van der Waals surface area (Å²) < 4.78 is 20.3. The molecule has 4 nitrogen and oxygen atoms in total. The van der Waals surface area contributed by atoms with Gasteiger partial charge in [-0.3, -0.25) is 4.79 Å². The van der Waals surface area contributed by atoms with Crippen LogP contribution in [0.4, 0.5) is 4.39 Å². The Morgan fingerprint density at radius 3 is 3.00 bits per heavy atom. The summed E-state index contributed by atoms with van der Waals surface area (Å²) >= 11 is 1.46. The van der Waals surface area contributed by atoms with Crippen LogP contribution in [-0.4, -0.2) is 35.1 Å². The SMILES string of the molecule is C[C@H]1OC[C@]2(C3=C=C=CC=C3F)N=C(NC(=O)c3ccccc3)SC[C@H]12. The molecule has 1 fully saturated rings. The summed E-state index contributed by atoms with van der Waals surface area (Å²) in [7, 11) is 0. The van der Waals surface area contributed by atoms with E-state index in [1.54, 1.807) is 24.3 Å². The van der Waals surface area contributed by atoms with Gasteiger partial charge in [0.15, 0.2) is 5.17 Å². The first kappa shape index (κ1) is 17.1. The molecular formula is C20H17FN2O2S. The van der Waals surface area contributed by atoms with Gasteiger partial charge in [0, 0.05) is 17.2 Å². The molecule has 0 bridgehead atoms. The van der Waals surface area contributed by atoms with E-state index in [0.717, 1.165) is 0 Å². The van der Waals surface area contributed by atoms with Gasteiger partial charge in [-0.05, 0) is 31.2 Å². The van der Waals surface area contributed by atoms with Crippen molar-refractivity contribution in [3.63, 3.8) is 0 Å². The van der Waals surface area contributed by atoms with Crippen LogP contribution < -0.4 is 5.32 Å². The van der Waals surface area contributed by atoms with Crippen molar-refractivity contribution in [2.45, 2.75) is 18.6 Å². The van der Waals surface area contributed by atoms with Crippen molar-refractivity contribution in [1.29, 1.82) is 0 Å². The number of carbonyl (C=O) groups excluding carboxylic acids is 1. The normalized spacial score (nSPS) is 29.5. The van der Waals surface area contributed by atoms with E-state index in [2.05, 4.69) is 16.8 Å². The van der Waals surface area contributed by atoms with Crippen molar-refractivity contribution in [3.05, 3.63) is 70.9 Å². The number of halogens is 1. The van der Waals surface area contributed by atoms with E-state index in [4.69, 9.17) is 9.73 Å². The Bertz CT molecular complexity index is 911. The molecular weight excluding hydrogens is 351 g/mol. The smallest absolute Gasteiger partial charge is 0.257 e. The highest BCUT2D eigenvalue weighted by atomic mass is 32.2. The molecule has 2 heterocycles. The van der Waals surface area contributed by atoms with E-state index in [-0.39, 0.29) is 30.4 Å². The van der Waals surface area contributed by atoms with Crippen LogP contribution in [0.2, 0.25) is 0 Å². The number of amidine groups is 1. The molecule has 6 heteroatoms. The fourth-order valence-corrected chi connectivity index (χ4v) is 4.74. The third-order valence-corrected chi connectivity index (χ3v) is 5.88. The predicted octanol–water partition coefficient (Wildman–Crippen LogP) is 3.40. The highest BCUT2D eigenvalue weighted by Crippen LogP contribution is 2.47. The molecule has 4 rings (SSSR count). The Hall–Kier alpha value is -2.36. The first-order valence-corrected chi connectivity index (χ1v) is 9.38. The average molecular weight is 368 g/mol. The Morgan fingerprint density at radius 2 is 2.23 bits per heavy atom. The lowest BCUT2D eigenvalue weighted by atomic mass is 9.78. The van der Waals surface area contributed by atoms with Crippen LogP contribution in [0.25, 0.3) is 0 Å². The minimum absolute atomic E-state index is 0.00595. The molecule has 0 spiro atoms. The zero-order chi connectivity index (χ0) is 18.1. The Labute approximate surface area is 155 Å². The van der Waals surface area contributed by atoms with Gasteiger partial charge in [-0.2, -0.15) is 0 Å².